The Hall–Kier alpha value is -1.29. The van der Waals surface area contributed by atoms with Gasteiger partial charge in [0.1, 0.15) is 5.76 Å². The van der Waals surface area contributed by atoms with Crippen LogP contribution in [-0.2, 0) is 4.74 Å². The Balaban J connectivity index is 1.87. The molecule has 17 heavy (non-hydrogen) atoms. The van der Waals surface area contributed by atoms with Crippen LogP contribution in [0.5, 0.6) is 0 Å². The summed E-state index contributed by atoms with van der Waals surface area (Å²) in [5.41, 5.74) is 0. The Kier molecular flexibility index (Phi) is 3.52. The standard InChI is InChI=1S/C13H19NO3/c1-8-6-10(8)7-14-9(2)11-4-5-12(17-11)13(15)16-3/h4-5,8-10,14H,6-7H2,1-3H3. The van der Waals surface area contributed by atoms with Crippen molar-refractivity contribution in [2.45, 2.75) is 26.3 Å². The van der Waals surface area contributed by atoms with Crippen molar-refractivity contribution < 1.29 is 13.9 Å². The van der Waals surface area contributed by atoms with Crippen molar-refractivity contribution in [2.24, 2.45) is 11.8 Å². The molecule has 0 spiro atoms. The molecule has 1 N–H and O–H groups in total. The number of carbonyl (C=O) groups excluding carboxylic acids is 1. The number of ether oxygens (including phenoxy) is 1. The first-order valence-corrected chi connectivity index (χ1v) is 6.03. The largest absolute Gasteiger partial charge is 0.463 e. The lowest BCUT2D eigenvalue weighted by molar-refractivity contribution is 0.0562. The predicted octanol–water partition coefficient (Wildman–Crippen LogP) is 2.37. The molecule has 4 heteroatoms. The van der Waals surface area contributed by atoms with E-state index in [0.717, 1.165) is 24.1 Å². The summed E-state index contributed by atoms with van der Waals surface area (Å²) in [5, 5.41) is 3.42. The first kappa shape index (κ1) is 12.2. The van der Waals surface area contributed by atoms with E-state index >= 15 is 0 Å². The van der Waals surface area contributed by atoms with Crippen LogP contribution in [0.25, 0.3) is 0 Å². The summed E-state index contributed by atoms with van der Waals surface area (Å²) in [5.74, 6) is 2.25. The first-order chi connectivity index (χ1) is 8.11. The Morgan fingerprint density at radius 3 is 2.94 bits per heavy atom. The highest BCUT2D eigenvalue weighted by atomic mass is 16.5. The third-order valence-corrected chi connectivity index (χ3v) is 3.40. The zero-order chi connectivity index (χ0) is 12.4. The molecule has 0 radical (unpaired) electrons. The zero-order valence-corrected chi connectivity index (χ0v) is 10.5. The van der Waals surface area contributed by atoms with Crippen molar-refractivity contribution in [1.29, 1.82) is 0 Å². The molecule has 1 aliphatic carbocycles. The summed E-state index contributed by atoms with van der Waals surface area (Å²) < 4.78 is 10.0. The number of methoxy groups -OCH3 is 1. The second kappa shape index (κ2) is 4.92. The fourth-order valence-corrected chi connectivity index (χ4v) is 1.91. The zero-order valence-electron chi connectivity index (χ0n) is 10.5. The van der Waals surface area contributed by atoms with Gasteiger partial charge in [0.05, 0.1) is 13.2 Å². The van der Waals surface area contributed by atoms with E-state index in [-0.39, 0.29) is 11.8 Å². The first-order valence-electron chi connectivity index (χ1n) is 6.03. The average molecular weight is 237 g/mol. The fraction of sp³-hybridized carbons (Fsp3) is 0.615. The number of hydrogen-bond donors (Lipinski definition) is 1. The quantitative estimate of drug-likeness (QED) is 0.799. The van der Waals surface area contributed by atoms with Crippen molar-refractivity contribution in [3.05, 3.63) is 23.7 Å². The SMILES string of the molecule is COC(=O)c1ccc(C(C)NCC2CC2C)o1. The van der Waals surface area contributed by atoms with Crippen LogP contribution in [0, 0.1) is 11.8 Å². The van der Waals surface area contributed by atoms with Crippen LogP contribution in [-0.4, -0.2) is 19.6 Å². The number of hydrogen-bond acceptors (Lipinski definition) is 4. The molecular weight excluding hydrogens is 218 g/mol. The minimum atomic E-state index is -0.431. The van der Waals surface area contributed by atoms with Gasteiger partial charge in [-0.15, -0.1) is 0 Å². The van der Waals surface area contributed by atoms with E-state index in [4.69, 9.17) is 4.42 Å². The monoisotopic (exact) mass is 237 g/mol. The second-order valence-electron chi connectivity index (χ2n) is 4.80. The molecule has 1 aromatic rings. The van der Waals surface area contributed by atoms with Crippen molar-refractivity contribution in [3.63, 3.8) is 0 Å². The highest BCUT2D eigenvalue weighted by Crippen LogP contribution is 2.37. The van der Waals surface area contributed by atoms with Gasteiger partial charge in [-0.25, -0.2) is 4.79 Å². The molecule has 1 aliphatic rings. The van der Waals surface area contributed by atoms with E-state index in [1.54, 1.807) is 6.07 Å². The van der Waals surface area contributed by atoms with Crippen LogP contribution < -0.4 is 5.32 Å². The van der Waals surface area contributed by atoms with Gasteiger partial charge in [-0.2, -0.15) is 0 Å². The lowest BCUT2D eigenvalue weighted by Gasteiger charge is -2.10. The topological polar surface area (TPSA) is 51.5 Å². The van der Waals surface area contributed by atoms with Gasteiger partial charge in [-0.3, -0.25) is 0 Å². The van der Waals surface area contributed by atoms with Gasteiger partial charge in [0.2, 0.25) is 5.76 Å². The Labute approximate surface area is 101 Å². The number of carbonyl (C=O) groups is 1. The highest BCUT2D eigenvalue weighted by molar-refractivity contribution is 5.86. The molecule has 0 amide bonds. The van der Waals surface area contributed by atoms with Crippen LogP contribution in [0.4, 0.5) is 0 Å². The molecule has 0 saturated heterocycles. The third-order valence-electron chi connectivity index (χ3n) is 3.40. The summed E-state index contributed by atoms with van der Waals surface area (Å²) in [6, 6.07) is 3.60. The maximum absolute atomic E-state index is 11.2. The molecule has 3 atom stereocenters. The molecule has 1 fully saturated rings. The average Bonchev–Trinajstić information content (AvgIpc) is 2.83. The van der Waals surface area contributed by atoms with Gasteiger partial charge in [-0.1, -0.05) is 6.92 Å². The third kappa shape index (κ3) is 2.88. The molecule has 1 aromatic heterocycles. The van der Waals surface area contributed by atoms with Crippen molar-refractivity contribution >= 4 is 5.97 Å². The Morgan fingerprint density at radius 2 is 2.35 bits per heavy atom. The summed E-state index contributed by atoms with van der Waals surface area (Å²) >= 11 is 0. The lowest BCUT2D eigenvalue weighted by Crippen LogP contribution is -2.21. The van der Waals surface area contributed by atoms with Gasteiger partial charge >= 0.3 is 5.97 Å². The van der Waals surface area contributed by atoms with Crippen LogP contribution >= 0.6 is 0 Å². The van der Waals surface area contributed by atoms with Crippen molar-refractivity contribution in [3.8, 4) is 0 Å². The van der Waals surface area contributed by atoms with Crippen LogP contribution in [0.15, 0.2) is 16.5 Å². The van der Waals surface area contributed by atoms with Gasteiger partial charge < -0.3 is 14.5 Å². The molecule has 4 nitrogen and oxygen atoms in total. The van der Waals surface area contributed by atoms with Crippen LogP contribution in [0.1, 0.15) is 42.6 Å². The van der Waals surface area contributed by atoms with E-state index in [1.165, 1.54) is 13.5 Å². The lowest BCUT2D eigenvalue weighted by atomic mass is 10.2. The van der Waals surface area contributed by atoms with Crippen molar-refractivity contribution in [1.82, 2.24) is 5.32 Å². The molecule has 1 heterocycles. The van der Waals surface area contributed by atoms with Crippen molar-refractivity contribution in [2.75, 3.05) is 13.7 Å². The van der Waals surface area contributed by atoms with Gasteiger partial charge in [-0.05, 0) is 43.9 Å². The van der Waals surface area contributed by atoms with E-state index in [2.05, 4.69) is 17.0 Å². The van der Waals surface area contributed by atoms with Gasteiger partial charge in [0.25, 0.3) is 0 Å². The molecule has 0 bridgehead atoms. The molecule has 2 rings (SSSR count). The van der Waals surface area contributed by atoms with E-state index in [1.807, 2.05) is 13.0 Å². The molecule has 1 saturated carbocycles. The summed E-state index contributed by atoms with van der Waals surface area (Å²) in [4.78, 5) is 11.2. The minimum absolute atomic E-state index is 0.126. The molecule has 3 unspecified atom stereocenters. The van der Waals surface area contributed by atoms with Crippen LogP contribution in [0.3, 0.4) is 0 Å². The number of rotatable bonds is 5. The maximum atomic E-state index is 11.2. The summed E-state index contributed by atoms with van der Waals surface area (Å²) in [6.07, 6.45) is 1.31. The van der Waals surface area contributed by atoms with E-state index in [9.17, 15) is 4.79 Å². The highest BCUT2D eigenvalue weighted by Gasteiger charge is 2.32. The molecule has 94 valence electrons. The normalized spacial score (nSPS) is 24.4. The predicted molar refractivity (Wildman–Crippen MR) is 63.7 cm³/mol. The molecular formula is C13H19NO3. The number of esters is 1. The van der Waals surface area contributed by atoms with E-state index in [0.29, 0.717) is 0 Å². The molecule has 0 aliphatic heterocycles. The van der Waals surface area contributed by atoms with Crippen LogP contribution in [0.2, 0.25) is 0 Å². The smallest absolute Gasteiger partial charge is 0.373 e. The van der Waals surface area contributed by atoms with Gasteiger partial charge in [0, 0.05) is 0 Å². The van der Waals surface area contributed by atoms with E-state index < -0.39 is 5.97 Å². The maximum Gasteiger partial charge on any atom is 0.373 e. The number of nitrogens with one attached hydrogen (secondary N) is 1. The molecule has 0 aromatic carbocycles. The number of furan rings is 1. The minimum Gasteiger partial charge on any atom is -0.463 e. The summed E-state index contributed by atoms with van der Waals surface area (Å²) in [7, 11) is 1.35. The van der Waals surface area contributed by atoms with Gasteiger partial charge in [0.15, 0.2) is 0 Å². The Morgan fingerprint density at radius 1 is 1.65 bits per heavy atom. The second-order valence-corrected chi connectivity index (χ2v) is 4.80. The summed E-state index contributed by atoms with van der Waals surface area (Å²) in [6.45, 7) is 5.31. The Bertz CT molecular complexity index is 399. The fourth-order valence-electron chi connectivity index (χ4n) is 1.91.